The lowest BCUT2D eigenvalue weighted by Crippen LogP contribution is -2.72. The molecule has 0 aromatic rings. The average molecular weight is 1260 g/mol. The van der Waals surface area contributed by atoms with E-state index in [-0.39, 0.29) is 6.42 Å². The highest BCUT2D eigenvalue weighted by molar-refractivity contribution is 5.76. The van der Waals surface area contributed by atoms with Crippen molar-refractivity contribution in [1.82, 2.24) is 26.6 Å². The molecule has 5 aliphatic rings. The van der Waals surface area contributed by atoms with Crippen molar-refractivity contribution in [1.29, 1.82) is 0 Å². The van der Waals surface area contributed by atoms with Gasteiger partial charge in [0.25, 0.3) is 0 Å². The minimum Gasteiger partial charge on any atom is -0.394 e. The van der Waals surface area contributed by atoms with Crippen molar-refractivity contribution in [2.24, 2.45) is 0 Å². The summed E-state index contributed by atoms with van der Waals surface area (Å²) in [4.78, 5) is 63.5. The zero-order valence-electron chi connectivity index (χ0n) is 50.1. The van der Waals surface area contributed by atoms with Gasteiger partial charge in [-0.1, -0.05) is 70.4 Å². The van der Waals surface area contributed by atoms with Gasteiger partial charge in [0.2, 0.25) is 29.5 Å². The number of amides is 5. The second-order valence-corrected chi connectivity index (χ2v) is 22.8. The maximum absolute atomic E-state index is 13.4. The van der Waals surface area contributed by atoms with E-state index in [1.165, 1.54) is 25.7 Å². The van der Waals surface area contributed by atoms with Crippen molar-refractivity contribution in [2.75, 3.05) is 33.0 Å². The number of rotatable bonds is 33. The number of allylic oxidation sites excluding steroid dienone is 2. The molecule has 0 bridgehead atoms. The maximum Gasteiger partial charge on any atom is 0.220 e. The van der Waals surface area contributed by atoms with E-state index in [0.29, 0.717) is 6.42 Å². The average Bonchev–Trinajstić information content (AvgIpc) is 1.10. The number of carbonyl (C=O) groups is 5. The zero-order valence-corrected chi connectivity index (χ0v) is 50.1. The molecule has 5 aliphatic heterocycles. The molecule has 31 nitrogen and oxygen atoms in total. The third-order valence-electron chi connectivity index (χ3n) is 16.0. The standard InChI is InChI=1S/C56H97N5O26/c1-6-7-8-9-10-11-12-13-14-15-16-17-18-19-20-21-36(71)61-38-43(73)42(72)31(22-62)80-53(38)85-49-33(24-64)82-55(40(45(49)75)59-29(4)69)87-51-35(26-66)83-56(41(47(51)77)60-30(5)70)86-50-34(25-65)81-54(39(46(50)76)58-28(3)68)84-48-32(23-63)79-52(78)37(44(48)74)57-27(2)67/h11-12,31-35,37-56,62-66,72-78H,6-10,13-26H2,1-5H3,(H,57,67)(H,58,68)(H,59,69)(H,60,70)(H,61,71). The fraction of sp³-hybridized carbons (Fsp3) is 0.875. The molecule has 0 radical (unpaired) electrons. The predicted octanol–water partition coefficient (Wildman–Crippen LogP) is -5.19. The highest BCUT2D eigenvalue weighted by Crippen LogP contribution is 2.36. The molecule has 0 spiro atoms. The van der Waals surface area contributed by atoms with Gasteiger partial charge in [0, 0.05) is 34.1 Å². The fourth-order valence-electron chi connectivity index (χ4n) is 11.4. The number of hydrogen-bond acceptors (Lipinski definition) is 26. The summed E-state index contributed by atoms with van der Waals surface area (Å²) in [5, 5.41) is 145. The van der Waals surface area contributed by atoms with E-state index in [4.69, 9.17) is 42.6 Å². The van der Waals surface area contributed by atoms with Crippen molar-refractivity contribution in [3.63, 3.8) is 0 Å². The van der Waals surface area contributed by atoms with Crippen LogP contribution in [0.15, 0.2) is 12.2 Å². The molecule has 0 aromatic carbocycles. The molecule has 5 fully saturated rings. The first-order valence-electron chi connectivity index (χ1n) is 30.3. The van der Waals surface area contributed by atoms with Gasteiger partial charge >= 0.3 is 0 Å². The number of nitrogens with one attached hydrogen (secondary N) is 5. The number of unbranched alkanes of at least 4 members (excludes halogenated alkanes) is 11. The van der Waals surface area contributed by atoms with Gasteiger partial charge in [-0.3, -0.25) is 24.0 Å². The SMILES string of the molecule is CCCCCCC=CCCCCCCCCCC(=O)NC1C(OC2C(CO)OC(OC3C(CO)OC(OC4C(CO)OC(OC5C(CO)OC(O)C(NC(C)=O)C5O)C(NC(C)=O)C4O)C(NC(C)=O)C3O)C(NC(C)=O)C2O)OC(CO)C(O)C1O. The molecule has 5 heterocycles. The van der Waals surface area contributed by atoms with Crippen LogP contribution in [0.25, 0.3) is 0 Å². The lowest BCUT2D eigenvalue weighted by atomic mass is 9.93. The Balaban J connectivity index is 1.28. The molecular weight excluding hydrogens is 1160 g/mol. The first-order chi connectivity index (χ1) is 41.5. The highest BCUT2D eigenvalue weighted by Gasteiger charge is 2.57. The first kappa shape index (κ1) is 74.0. The van der Waals surface area contributed by atoms with Gasteiger partial charge in [0.15, 0.2) is 31.5 Å². The van der Waals surface area contributed by atoms with E-state index in [9.17, 15) is 85.3 Å². The molecular formula is C56H97N5O26. The third kappa shape index (κ3) is 20.9. The second-order valence-electron chi connectivity index (χ2n) is 22.8. The summed E-state index contributed by atoms with van der Waals surface area (Å²) in [5.74, 6) is -3.59. The van der Waals surface area contributed by atoms with Crippen molar-refractivity contribution in [2.45, 2.75) is 278 Å². The summed E-state index contributed by atoms with van der Waals surface area (Å²) in [6.07, 6.45) is -17.1. The molecule has 502 valence electrons. The number of aliphatic hydroxyl groups excluding tert-OH is 12. The van der Waals surface area contributed by atoms with Crippen LogP contribution in [-0.2, 0) is 66.6 Å². The van der Waals surface area contributed by atoms with Crippen LogP contribution in [0.5, 0.6) is 0 Å². The Morgan fingerprint density at radius 3 is 1.02 bits per heavy atom. The Hall–Kier alpha value is -3.75. The van der Waals surface area contributed by atoms with Crippen LogP contribution < -0.4 is 26.6 Å². The Bertz CT molecular complexity index is 2130. The van der Waals surface area contributed by atoms with E-state index in [1.807, 2.05) is 0 Å². The lowest BCUT2D eigenvalue weighted by molar-refractivity contribution is -0.367. The van der Waals surface area contributed by atoms with E-state index >= 15 is 0 Å². The number of hydrogen-bond donors (Lipinski definition) is 17. The Labute approximate surface area is 505 Å². The predicted molar refractivity (Wildman–Crippen MR) is 298 cm³/mol. The van der Waals surface area contributed by atoms with E-state index in [2.05, 4.69) is 45.7 Å². The summed E-state index contributed by atoms with van der Waals surface area (Å²) in [7, 11) is 0. The molecule has 5 amide bonds. The van der Waals surface area contributed by atoms with Crippen LogP contribution in [-0.4, -0.2) is 277 Å². The van der Waals surface area contributed by atoms with Gasteiger partial charge in [-0.15, -0.1) is 0 Å². The molecule has 17 N–H and O–H groups in total. The smallest absolute Gasteiger partial charge is 0.220 e. The minimum absolute atomic E-state index is 0.0287. The number of carbonyl (C=O) groups excluding carboxylic acids is 5. The lowest BCUT2D eigenvalue weighted by Gasteiger charge is -2.51. The summed E-state index contributed by atoms with van der Waals surface area (Å²) in [5.41, 5.74) is 0. The normalized spacial score (nSPS) is 38.1. The molecule has 0 aliphatic carbocycles. The van der Waals surface area contributed by atoms with E-state index < -0.39 is 216 Å². The molecule has 0 aromatic heterocycles. The largest absolute Gasteiger partial charge is 0.394 e. The number of aliphatic hydroxyl groups is 12. The molecule has 25 atom stereocenters. The van der Waals surface area contributed by atoms with Crippen molar-refractivity contribution in [3.8, 4) is 0 Å². The van der Waals surface area contributed by atoms with Crippen LogP contribution in [0.1, 0.15) is 125 Å². The summed E-state index contributed by atoms with van der Waals surface area (Å²) in [6, 6.07) is -8.09. The molecule has 25 unspecified atom stereocenters. The summed E-state index contributed by atoms with van der Waals surface area (Å²) >= 11 is 0. The van der Waals surface area contributed by atoms with Gasteiger partial charge in [-0.2, -0.15) is 0 Å². The van der Waals surface area contributed by atoms with Crippen LogP contribution in [0.2, 0.25) is 0 Å². The second kappa shape index (κ2) is 36.9. The van der Waals surface area contributed by atoms with E-state index in [1.54, 1.807) is 0 Å². The van der Waals surface area contributed by atoms with Gasteiger partial charge < -0.3 is 130 Å². The van der Waals surface area contributed by atoms with Crippen molar-refractivity contribution in [3.05, 3.63) is 12.2 Å². The summed E-state index contributed by atoms with van der Waals surface area (Å²) < 4.78 is 53.9. The van der Waals surface area contributed by atoms with E-state index in [0.717, 1.165) is 79.1 Å². The molecule has 87 heavy (non-hydrogen) atoms. The minimum atomic E-state index is -2.01. The van der Waals surface area contributed by atoms with Gasteiger partial charge in [-0.05, 0) is 32.1 Å². The number of ether oxygens (including phenoxy) is 9. The highest BCUT2D eigenvalue weighted by atomic mass is 16.8. The van der Waals surface area contributed by atoms with Crippen LogP contribution >= 0.6 is 0 Å². The summed E-state index contributed by atoms with van der Waals surface area (Å²) in [6.45, 7) is 1.85. The van der Waals surface area contributed by atoms with Crippen molar-refractivity contribution >= 4 is 29.5 Å². The molecule has 5 rings (SSSR count). The molecule has 5 saturated heterocycles. The zero-order chi connectivity index (χ0) is 64.1. The first-order valence-corrected chi connectivity index (χ1v) is 30.3. The molecule has 0 saturated carbocycles. The van der Waals surface area contributed by atoms with Crippen LogP contribution in [0.3, 0.4) is 0 Å². The van der Waals surface area contributed by atoms with Gasteiger partial charge in [-0.25, -0.2) is 0 Å². The van der Waals surface area contributed by atoms with Crippen molar-refractivity contribution < 1.29 is 128 Å². The molecule has 31 heteroatoms. The topological polar surface area (TPSA) is 471 Å². The quantitative estimate of drug-likeness (QED) is 0.0216. The van der Waals surface area contributed by atoms with Gasteiger partial charge in [0.1, 0.15) is 122 Å². The van der Waals surface area contributed by atoms with Crippen LogP contribution in [0.4, 0.5) is 0 Å². The van der Waals surface area contributed by atoms with Gasteiger partial charge in [0.05, 0.1) is 33.0 Å². The monoisotopic (exact) mass is 1260 g/mol. The Morgan fingerprint density at radius 2 is 0.667 bits per heavy atom. The Kier molecular flexibility index (Phi) is 31.4. The third-order valence-corrected chi connectivity index (χ3v) is 16.0. The Morgan fingerprint density at radius 1 is 0.368 bits per heavy atom. The fourth-order valence-corrected chi connectivity index (χ4v) is 11.4. The van der Waals surface area contributed by atoms with Crippen LogP contribution in [0, 0.1) is 0 Å². The maximum atomic E-state index is 13.4.